The number of nitrogens with one attached hydrogen (secondary N) is 1. The predicted molar refractivity (Wildman–Crippen MR) is 122 cm³/mol. The van der Waals surface area contributed by atoms with Gasteiger partial charge in [0.25, 0.3) is 5.91 Å². The van der Waals surface area contributed by atoms with E-state index in [1.165, 1.54) is 42.7 Å². The van der Waals surface area contributed by atoms with Crippen LogP contribution in [-0.4, -0.2) is 22.0 Å². The number of carbonyl (C=O) groups is 1. The Morgan fingerprint density at radius 3 is 2.73 bits per heavy atom. The zero-order valence-electron chi connectivity index (χ0n) is 17.2. The highest BCUT2D eigenvalue weighted by atomic mass is 32.1. The molecule has 156 valence electrons. The average molecular weight is 421 g/mol. The van der Waals surface area contributed by atoms with Crippen LogP contribution in [0.15, 0.2) is 54.0 Å². The number of benzene rings is 1. The molecule has 2 fully saturated rings. The predicted octanol–water partition coefficient (Wildman–Crippen LogP) is 5.73. The van der Waals surface area contributed by atoms with Crippen LogP contribution in [0.5, 0.6) is 0 Å². The fourth-order valence-electron chi connectivity index (χ4n) is 4.91. The van der Waals surface area contributed by atoms with E-state index in [9.17, 15) is 4.79 Å². The molecule has 1 aromatic carbocycles. The van der Waals surface area contributed by atoms with Crippen molar-refractivity contribution in [1.29, 1.82) is 0 Å². The molecule has 1 aliphatic heterocycles. The molecule has 1 amide bonds. The third kappa shape index (κ3) is 4.01. The molecule has 0 spiro atoms. The number of para-hydroxylation sites is 1. The number of thiazole rings is 1. The summed E-state index contributed by atoms with van der Waals surface area (Å²) in [7, 11) is 0. The molecular formula is C24H28N4OS. The Morgan fingerprint density at radius 1 is 1.07 bits per heavy atom. The molecule has 1 saturated carbocycles. The number of carbonyl (C=O) groups excluding carboxylic acids is 1. The number of amides is 1. The van der Waals surface area contributed by atoms with Crippen LogP contribution in [0.4, 0.5) is 10.8 Å². The lowest BCUT2D eigenvalue weighted by Gasteiger charge is -2.25. The maximum atomic E-state index is 12.9. The van der Waals surface area contributed by atoms with Crippen LogP contribution in [0.2, 0.25) is 0 Å². The number of aromatic nitrogens is 2. The first-order valence-electron chi connectivity index (χ1n) is 11.0. The second kappa shape index (κ2) is 8.64. The molecule has 5 rings (SSSR count). The van der Waals surface area contributed by atoms with Crippen molar-refractivity contribution >= 4 is 28.1 Å². The second-order valence-corrected chi connectivity index (χ2v) is 9.27. The summed E-state index contributed by atoms with van der Waals surface area (Å²) in [4.78, 5) is 20.1. The van der Waals surface area contributed by atoms with Gasteiger partial charge in [-0.05, 0) is 55.9 Å². The van der Waals surface area contributed by atoms with Crippen molar-refractivity contribution in [2.75, 3.05) is 16.8 Å². The zero-order chi connectivity index (χ0) is 20.3. The first-order chi connectivity index (χ1) is 14.8. The van der Waals surface area contributed by atoms with Gasteiger partial charge >= 0.3 is 0 Å². The Kier molecular flexibility index (Phi) is 5.58. The Bertz CT molecular complexity index is 990. The maximum Gasteiger partial charge on any atom is 0.274 e. The average Bonchev–Trinajstić information content (AvgIpc) is 3.56. The fraction of sp³-hybridized carbons (Fsp3) is 0.417. The van der Waals surface area contributed by atoms with E-state index in [1.54, 1.807) is 0 Å². The molecule has 5 nitrogen and oxygen atoms in total. The van der Waals surface area contributed by atoms with E-state index in [2.05, 4.69) is 44.4 Å². The molecule has 2 aliphatic rings. The van der Waals surface area contributed by atoms with Crippen molar-refractivity contribution in [2.24, 2.45) is 5.92 Å². The van der Waals surface area contributed by atoms with Crippen molar-refractivity contribution < 1.29 is 4.79 Å². The van der Waals surface area contributed by atoms with Gasteiger partial charge in [0.1, 0.15) is 5.69 Å². The van der Waals surface area contributed by atoms with Crippen molar-refractivity contribution in [2.45, 2.75) is 51.1 Å². The van der Waals surface area contributed by atoms with E-state index >= 15 is 0 Å². The minimum absolute atomic E-state index is 0.0646. The third-order valence-corrected chi connectivity index (χ3v) is 7.19. The first-order valence-corrected chi connectivity index (χ1v) is 11.9. The Hall–Kier alpha value is -2.60. The fourth-order valence-corrected chi connectivity index (χ4v) is 5.66. The molecule has 3 aromatic rings. The van der Waals surface area contributed by atoms with Gasteiger partial charge in [-0.15, -0.1) is 11.3 Å². The number of anilines is 2. The summed E-state index contributed by atoms with van der Waals surface area (Å²) in [5.41, 5.74) is 3.02. The normalized spacial score (nSPS) is 19.5. The highest BCUT2D eigenvalue weighted by Crippen LogP contribution is 2.37. The lowest BCUT2D eigenvalue weighted by atomic mass is 10.1. The topological polar surface area (TPSA) is 50.2 Å². The lowest BCUT2D eigenvalue weighted by molar-refractivity contribution is 0.101. The Morgan fingerprint density at radius 2 is 1.90 bits per heavy atom. The summed E-state index contributed by atoms with van der Waals surface area (Å²) in [5, 5.41) is 5.82. The van der Waals surface area contributed by atoms with Gasteiger partial charge < -0.3 is 9.47 Å². The molecule has 1 atom stereocenters. The summed E-state index contributed by atoms with van der Waals surface area (Å²) in [6.07, 6.45) is 9.45. The molecule has 0 radical (unpaired) electrons. The van der Waals surface area contributed by atoms with Crippen LogP contribution < -0.4 is 10.2 Å². The number of hydrogen-bond donors (Lipinski definition) is 1. The number of rotatable bonds is 6. The van der Waals surface area contributed by atoms with Gasteiger partial charge in [0, 0.05) is 30.4 Å². The lowest BCUT2D eigenvalue weighted by Crippen LogP contribution is -2.23. The van der Waals surface area contributed by atoms with E-state index in [-0.39, 0.29) is 11.9 Å². The smallest absolute Gasteiger partial charge is 0.274 e. The maximum absolute atomic E-state index is 12.9. The Balaban J connectivity index is 1.27. The minimum Gasteiger partial charge on any atom is -0.363 e. The minimum atomic E-state index is -0.0646. The number of hydrogen-bond acceptors (Lipinski definition) is 4. The standard InChI is InChI=1S/C24H28N4OS/c29-23(22-13-6-14-27(22)16-18-8-4-5-9-18)26-24-25-20(17-30-24)21-12-7-15-28(21)19-10-2-1-3-11-19/h1-3,6,10-11,13-14,17-18,21H,4-5,7-9,12,15-16H2,(H,25,26,29). The van der Waals surface area contributed by atoms with E-state index in [1.807, 2.05) is 24.4 Å². The highest BCUT2D eigenvalue weighted by molar-refractivity contribution is 7.14. The summed E-state index contributed by atoms with van der Waals surface area (Å²) in [6, 6.07) is 14.7. The second-order valence-electron chi connectivity index (χ2n) is 8.41. The van der Waals surface area contributed by atoms with Gasteiger partial charge in [0.05, 0.1) is 11.7 Å². The number of nitrogens with zero attached hydrogens (tertiary/aromatic N) is 3. The van der Waals surface area contributed by atoms with Crippen LogP contribution >= 0.6 is 11.3 Å². The van der Waals surface area contributed by atoms with Crippen LogP contribution in [-0.2, 0) is 6.54 Å². The largest absolute Gasteiger partial charge is 0.363 e. The van der Waals surface area contributed by atoms with Gasteiger partial charge in [0.15, 0.2) is 5.13 Å². The summed E-state index contributed by atoms with van der Waals surface area (Å²) >= 11 is 1.52. The monoisotopic (exact) mass is 420 g/mol. The highest BCUT2D eigenvalue weighted by Gasteiger charge is 2.28. The SMILES string of the molecule is O=C(Nc1nc(C2CCCN2c2ccccc2)cs1)c1cccn1CC1CCCC1. The zero-order valence-corrected chi connectivity index (χ0v) is 18.0. The summed E-state index contributed by atoms with van der Waals surface area (Å²) < 4.78 is 2.11. The molecule has 1 aliphatic carbocycles. The van der Waals surface area contributed by atoms with Gasteiger partial charge in [0.2, 0.25) is 0 Å². The van der Waals surface area contributed by atoms with Crippen LogP contribution in [0, 0.1) is 5.92 Å². The quantitative estimate of drug-likeness (QED) is 0.554. The summed E-state index contributed by atoms with van der Waals surface area (Å²) in [6.45, 7) is 1.98. The molecule has 3 heterocycles. The Labute approximate surface area is 181 Å². The van der Waals surface area contributed by atoms with E-state index in [0.29, 0.717) is 11.0 Å². The molecule has 6 heteroatoms. The molecular weight excluding hydrogens is 392 g/mol. The van der Waals surface area contributed by atoms with Crippen molar-refractivity contribution in [3.05, 3.63) is 65.4 Å². The van der Waals surface area contributed by atoms with Gasteiger partial charge in [-0.2, -0.15) is 0 Å². The molecule has 1 saturated heterocycles. The van der Waals surface area contributed by atoms with Gasteiger partial charge in [-0.3, -0.25) is 10.1 Å². The van der Waals surface area contributed by atoms with E-state index in [4.69, 9.17) is 4.98 Å². The van der Waals surface area contributed by atoms with Crippen LogP contribution in [0.25, 0.3) is 0 Å². The van der Waals surface area contributed by atoms with Crippen molar-refractivity contribution in [3.8, 4) is 0 Å². The third-order valence-electron chi connectivity index (χ3n) is 6.42. The van der Waals surface area contributed by atoms with Gasteiger partial charge in [-0.1, -0.05) is 31.0 Å². The van der Waals surface area contributed by atoms with Crippen LogP contribution in [0.1, 0.15) is 60.7 Å². The molecule has 30 heavy (non-hydrogen) atoms. The van der Waals surface area contributed by atoms with E-state index < -0.39 is 0 Å². The van der Waals surface area contributed by atoms with Gasteiger partial charge in [-0.25, -0.2) is 4.98 Å². The molecule has 2 aromatic heterocycles. The molecule has 1 unspecified atom stereocenters. The van der Waals surface area contributed by atoms with Crippen LogP contribution in [0.3, 0.4) is 0 Å². The summed E-state index contributed by atoms with van der Waals surface area (Å²) in [5.74, 6) is 0.631. The van der Waals surface area contributed by atoms with Crippen molar-refractivity contribution in [3.63, 3.8) is 0 Å². The first kappa shape index (κ1) is 19.4. The van der Waals surface area contributed by atoms with Crippen molar-refractivity contribution in [1.82, 2.24) is 9.55 Å². The molecule has 1 N–H and O–H groups in total. The molecule has 0 bridgehead atoms. The van der Waals surface area contributed by atoms with E-state index in [0.717, 1.165) is 37.3 Å².